The molecule has 1 aliphatic carbocycles. The summed E-state index contributed by atoms with van der Waals surface area (Å²) in [5.41, 5.74) is 0. The van der Waals surface area contributed by atoms with Gasteiger partial charge in [0.15, 0.2) is 0 Å². The van der Waals surface area contributed by atoms with Crippen molar-refractivity contribution in [1.82, 2.24) is 5.32 Å². The van der Waals surface area contributed by atoms with Gasteiger partial charge in [0.2, 0.25) is 5.91 Å². The molecule has 2 aliphatic rings. The first-order valence-electron chi connectivity index (χ1n) is 5.71. The van der Waals surface area contributed by atoms with Crippen molar-refractivity contribution in [3.63, 3.8) is 0 Å². The molecular formula is C11H18ClNO. The van der Waals surface area contributed by atoms with E-state index in [1.807, 2.05) is 0 Å². The fraction of sp³-hybridized carbons (Fsp3) is 0.909. The number of halogens is 1. The van der Waals surface area contributed by atoms with Crippen molar-refractivity contribution >= 4 is 17.5 Å². The Morgan fingerprint density at radius 3 is 2.50 bits per heavy atom. The van der Waals surface area contributed by atoms with Gasteiger partial charge in [0.1, 0.15) is 0 Å². The molecule has 0 aromatic carbocycles. The molecule has 2 fully saturated rings. The number of carbonyl (C=O) groups excluding carboxylic acids is 1. The Morgan fingerprint density at radius 1 is 1.21 bits per heavy atom. The lowest BCUT2D eigenvalue weighted by Gasteiger charge is -2.29. The lowest BCUT2D eigenvalue weighted by atomic mass is 9.84. The van der Waals surface area contributed by atoms with Crippen molar-refractivity contribution in [3.05, 3.63) is 0 Å². The molecule has 0 aromatic rings. The Bertz CT molecular complexity index is 213. The monoisotopic (exact) mass is 215 g/mol. The Labute approximate surface area is 90.4 Å². The fourth-order valence-corrected chi connectivity index (χ4v) is 3.10. The summed E-state index contributed by atoms with van der Waals surface area (Å²) in [6.45, 7) is 0. The topological polar surface area (TPSA) is 29.1 Å². The number of hydrogen-bond donors (Lipinski definition) is 1. The van der Waals surface area contributed by atoms with Gasteiger partial charge in [-0.05, 0) is 25.2 Å². The maximum Gasteiger partial charge on any atom is 0.220 e. The molecule has 2 atom stereocenters. The molecule has 2 nitrogen and oxygen atoms in total. The molecule has 0 bridgehead atoms. The molecule has 0 spiro atoms. The highest BCUT2D eigenvalue weighted by atomic mass is 35.5. The molecule has 0 aromatic heterocycles. The highest BCUT2D eigenvalue weighted by Crippen LogP contribution is 2.32. The SMILES string of the molecule is O=C1CC[C@@H]([C@H](Cl)C2CCCCC2)N1. The van der Waals surface area contributed by atoms with E-state index in [9.17, 15) is 4.79 Å². The number of rotatable bonds is 2. The largest absolute Gasteiger partial charge is 0.352 e. The van der Waals surface area contributed by atoms with Crippen molar-refractivity contribution in [2.75, 3.05) is 0 Å². The van der Waals surface area contributed by atoms with Crippen LogP contribution in [0.3, 0.4) is 0 Å². The first kappa shape index (κ1) is 10.3. The van der Waals surface area contributed by atoms with Crippen LogP contribution in [0.4, 0.5) is 0 Å². The van der Waals surface area contributed by atoms with E-state index < -0.39 is 0 Å². The molecule has 0 unspecified atom stereocenters. The van der Waals surface area contributed by atoms with Gasteiger partial charge in [-0.3, -0.25) is 4.79 Å². The summed E-state index contributed by atoms with van der Waals surface area (Å²) < 4.78 is 0. The molecule has 0 radical (unpaired) electrons. The maximum absolute atomic E-state index is 11.1. The standard InChI is InChI=1S/C11H18ClNO/c12-11(8-4-2-1-3-5-8)9-6-7-10(14)13-9/h8-9,11H,1-7H2,(H,13,14)/t9-,11+/m0/s1. The van der Waals surface area contributed by atoms with Crippen molar-refractivity contribution in [2.45, 2.75) is 56.4 Å². The van der Waals surface area contributed by atoms with Crippen molar-refractivity contribution in [2.24, 2.45) is 5.92 Å². The minimum atomic E-state index is 0.168. The number of hydrogen-bond acceptors (Lipinski definition) is 1. The van der Waals surface area contributed by atoms with Gasteiger partial charge >= 0.3 is 0 Å². The predicted octanol–water partition coefficient (Wildman–Crippen LogP) is 2.45. The van der Waals surface area contributed by atoms with Crippen LogP contribution in [0.2, 0.25) is 0 Å². The minimum Gasteiger partial charge on any atom is -0.352 e. The van der Waals surface area contributed by atoms with Crippen LogP contribution in [-0.2, 0) is 4.79 Å². The summed E-state index contributed by atoms with van der Waals surface area (Å²) in [6.07, 6.45) is 8.09. The van der Waals surface area contributed by atoms with Crippen molar-refractivity contribution < 1.29 is 4.79 Å². The van der Waals surface area contributed by atoms with E-state index in [4.69, 9.17) is 11.6 Å². The molecule has 1 saturated carbocycles. The molecule has 2 rings (SSSR count). The van der Waals surface area contributed by atoms with E-state index in [0.29, 0.717) is 12.3 Å². The van der Waals surface area contributed by atoms with Crippen LogP contribution < -0.4 is 5.32 Å². The first-order chi connectivity index (χ1) is 6.77. The second kappa shape index (κ2) is 4.52. The maximum atomic E-state index is 11.1. The quantitative estimate of drug-likeness (QED) is 0.705. The van der Waals surface area contributed by atoms with Gasteiger partial charge in [0.25, 0.3) is 0 Å². The summed E-state index contributed by atoms with van der Waals surface area (Å²) >= 11 is 6.42. The van der Waals surface area contributed by atoms with Gasteiger partial charge in [-0.2, -0.15) is 0 Å². The summed E-state index contributed by atoms with van der Waals surface area (Å²) in [4.78, 5) is 11.1. The van der Waals surface area contributed by atoms with Gasteiger partial charge < -0.3 is 5.32 Å². The van der Waals surface area contributed by atoms with Crippen LogP contribution in [0.15, 0.2) is 0 Å². The summed E-state index contributed by atoms with van der Waals surface area (Å²) in [7, 11) is 0. The first-order valence-corrected chi connectivity index (χ1v) is 6.14. The van der Waals surface area contributed by atoms with E-state index in [1.54, 1.807) is 0 Å². The van der Waals surface area contributed by atoms with Gasteiger partial charge in [-0.15, -0.1) is 11.6 Å². The van der Waals surface area contributed by atoms with E-state index in [-0.39, 0.29) is 17.3 Å². The Kier molecular flexibility index (Phi) is 3.32. The Hall–Kier alpha value is -0.240. The van der Waals surface area contributed by atoms with Gasteiger partial charge in [0, 0.05) is 12.5 Å². The van der Waals surface area contributed by atoms with Gasteiger partial charge in [-0.1, -0.05) is 19.3 Å². The third-order valence-corrected chi connectivity index (χ3v) is 4.17. The number of carbonyl (C=O) groups is 1. The zero-order valence-corrected chi connectivity index (χ0v) is 9.22. The van der Waals surface area contributed by atoms with E-state index in [2.05, 4.69) is 5.32 Å². The smallest absolute Gasteiger partial charge is 0.220 e. The predicted molar refractivity (Wildman–Crippen MR) is 57.4 cm³/mol. The Morgan fingerprint density at radius 2 is 1.93 bits per heavy atom. The molecule has 1 amide bonds. The highest BCUT2D eigenvalue weighted by Gasteiger charge is 2.33. The lowest BCUT2D eigenvalue weighted by molar-refractivity contribution is -0.119. The Balaban J connectivity index is 1.86. The summed E-state index contributed by atoms with van der Waals surface area (Å²) in [5, 5.41) is 3.15. The molecule has 14 heavy (non-hydrogen) atoms. The second-order valence-corrected chi connectivity index (χ2v) is 5.06. The molecule has 1 heterocycles. The zero-order chi connectivity index (χ0) is 9.97. The average molecular weight is 216 g/mol. The number of amides is 1. The second-order valence-electron chi connectivity index (χ2n) is 4.56. The molecule has 80 valence electrons. The van der Waals surface area contributed by atoms with E-state index in [1.165, 1.54) is 32.1 Å². The van der Waals surface area contributed by atoms with E-state index >= 15 is 0 Å². The van der Waals surface area contributed by atoms with Crippen LogP contribution in [0.5, 0.6) is 0 Å². The third-order valence-electron chi connectivity index (χ3n) is 3.51. The lowest BCUT2D eigenvalue weighted by Crippen LogP contribution is -2.38. The van der Waals surface area contributed by atoms with Crippen LogP contribution in [0, 0.1) is 5.92 Å². The molecule has 3 heteroatoms. The molecule has 1 saturated heterocycles. The highest BCUT2D eigenvalue weighted by molar-refractivity contribution is 6.21. The molecule has 1 aliphatic heterocycles. The van der Waals surface area contributed by atoms with E-state index in [0.717, 1.165) is 6.42 Å². The van der Waals surface area contributed by atoms with Crippen LogP contribution >= 0.6 is 11.6 Å². The van der Waals surface area contributed by atoms with Gasteiger partial charge in [-0.25, -0.2) is 0 Å². The summed E-state index contributed by atoms with van der Waals surface area (Å²) in [6, 6.07) is 0.243. The van der Waals surface area contributed by atoms with Crippen molar-refractivity contribution in [3.8, 4) is 0 Å². The normalized spacial score (nSPS) is 31.5. The number of nitrogens with one attached hydrogen (secondary N) is 1. The zero-order valence-electron chi connectivity index (χ0n) is 8.47. The van der Waals surface area contributed by atoms with Crippen LogP contribution in [0.1, 0.15) is 44.9 Å². The average Bonchev–Trinajstić information content (AvgIpc) is 2.65. The number of alkyl halides is 1. The molecule has 1 N–H and O–H groups in total. The third kappa shape index (κ3) is 2.22. The molecular weight excluding hydrogens is 198 g/mol. The van der Waals surface area contributed by atoms with Crippen molar-refractivity contribution in [1.29, 1.82) is 0 Å². The van der Waals surface area contributed by atoms with Crippen LogP contribution in [-0.4, -0.2) is 17.3 Å². The van der Waals surface area contributed by atoms with Crippen LogP contribution in [0.25, 0.3) is 0 Å². The van der Waals surface area contributed by atoms with Gasteiger partial charge in [0.05, 0.1) is 5.38 Å². The summed E-state index contributed by atoms with van der Waals surface area (Å²) in [5.74, 6) is 0.810. The minimum absolute atomic E-state index is 0.168. The fourth-order valence-electron chi connectivity index (χ4n) is 2.66.